The largest absolute Gasteiger partial charge is 0.466 e. The average molecular weight is 250 g/mol. The number of urea groups is 1. The van der Waals surface area contributed by atoms with Crippen LogP contribution < -0.4 is 10.6 Å². The minimum Gasteiger partial charge on any atom is -0.466 e. The zero-order valence-corrected chi connectivity index (χ0v) is 10.4. The first-order valence-electron chi connectivity index (χ1n) is 5.56. The van der Waals surface area contributed by atoms with Gasteiger partial charge in [-0.05, 0) is 26.8 Å². The number of amides is 2. The van der Waals surface area contributed by atoms with Crippen molar-refractivity contribution in [3.8, 4) is 11.5 Å². The van der Waals surface area contributed by atoms with Gasteiger partial charge < -0.3 is 14.2 Å². The molecule has 0 aliphatic carbocycles. The van der Waals surface area contributed by atoms with E-state index >= 15 is 0 Å². The van der Waals surface area contributed by atoms with E-state index in [2.05, 4.69) is 20.8 Å². The van der Waals surface area contributed by atoms with Gasteiger partial charge in [-0.1, -0.05) is 5.10 Å². The number of furan rings is 1. The van der Waals surface area contributed by atoms with Crippen LogP contribution in [0.15, 0.2) is 14.9 Å². The van der Waals surface area contributed by atoms with Crippen LogP contribution in [0.4, 0.5) is 10.8 Å². The fraction of sp³-hybridized carbons (Fsp3) is 0.364. The summed E-state index contributed by atoms with van der Waals surface area (Å²) in [4.78, 5) is 11.3. The van der Waals surface area contributed by atoms with Crippen LogP contribution in [0, 0.1) is 13.8 Å². The molecule has 0 saturated heterocycles. The maximum Gasteiger partial charge on any atom is 0.324 e. The van der Waals surface area contributed by atoms with Crippen LogP contribution in [0.25, 0.3) is 11.5 Å². The summed E-state index contributed by atoms with van der Waals surface area (Å²) in [6.07, 6.45) is 0. The summed E-state index contributed by atoms with van der Waals surface area (Å²) in [6.45, 7) is 5.98. The normalized spacial score (nSPS) is 10.4. The Hall–Kier alpha value is -2.31. The molecule has 0 aliphatic heterocycles. The van der Waals surface area contributed by atoms with E-state index in [0.717, 1.165) is 11.3 Å². The maximum absolute atomic E-state index is 11.3. The van der Waals surface area contributed by atoms with Crippen LogP contribution in [0.2, 0.25) is 0 Å². The highest BCUT2D eigenvalue weighted by Crippen LogP contribution is 2.26. The third-order valence-electron chi connectivity index (χ3n) is 2.25. The molecule has 0 radical (unpaired) electrons. The van der Waals surface area contributed by atoms with Gasteiger partial charge >= 0.3 is 12.0 Å². The third kappa shape index (κ3) is 2.50. The maximum atomic E-state index is 11.3. The number of nitrogens with zero attached hydrogens (tertiary/aromatic N) is 2. The van der Waals surface area contributed by atoms with Gasteiger partial charge in [0.05, 0.1) is 5.56 Å². The Kier molecular flexibility index (Phi) is 3.31. The van der Waals surface area contributed by atoms with E-state index in [-0.39, 0.29) is 12.0 Å². The predicted octanol–water partition coefficient (Wildman–Crippen LogP) is 2.09. The van der Waals surface area contributed by atoms with Crippen LogP contribution in [0.5, 0.6) is 0 Å². The number of carbonyl (C=O) groups is 1. The van der Waals surface area contributed by atoms with Crippen LogP contribution in [-0.4, -0.2) is 22.8 Å². The molecule has 2 aromatic rings. The van der Waals surface area contributed by atoms with E-state index in [0.29, 0.717) is 18.2 Å². The molecule has 7 heteroatoms. The van der Waals surface area contributed by atoms with E-state index < -0.39 is 0 Å². The Balaban J connectivity index is 2.15. The molecule has 0 saturated carbocycles. The number of hydrogen-bond donors (Lipinski definition) is 2. The number of nitrogens with one attached hydrogen (secondary N) is 2. The molecule has 0 spiro atoms. The van der Waals surface area contributed by atoms with E-state index in [1.807, 2.05) is 20.8 Å². The van der Waals surface area contributed by atoms with Gasteiger partial charge in [0.1, 0.15) is 11.5 Å². The lowest BCUT2D eigenvalue weighted by Gasteiger charge is -1.99. The summed E-state index contributed by atoms with van der Waals surface area (Å²) in [6, 6.07) is 1.47. The van der Waals surface area contributed by atoms with Crippen molar-refractivity contribution in [2.75, 3.05) is 11.9 Å². The fourth-order valence-corrected chi connectivity index (χ4v) is 1.53. The molecule has 2 aromatic heterocycles. The van der Waals surface area contributed by atoms with Crippen molar-refractivity contribution < 1.29 is 13.6 Å². The molecule has 0 unspecified atom stereocenters. The van der Waals surface area contributed by atoms with Gasteiger partial charge in [-0.25, -0.2) is 4.79 Å². The molecular formula is C11H14N4O3. The number of rotatable bonds is 3. The van der Waals surface area contributed by atoms with E-state index in [1.54, 1.807) is 6.07 Å². The molecule has 0 aliphatic rings. The minimum atomic E-state index is -0.382. The number of hydrogen-bond acceptors (Lipinski definition) is 5. The molecular weight excluding hydrogens is 236 g/mol. The van der Waals surface area contributed by atoms with E-state index in [9.17, 15) is 4.79 Å². The SMILES string of the molecule is CCNC(=O)Nc1nnc(-c2cc(C)oc2C)o1. The van der Waals surface area contributed by atoms with Gasteiger partial charge in [0, 0.05) is 6.54 Å². The Morgan fingerprint density at radius 2 is 2.11 bits per heavy atom. The van der Waals surface area contributed by atoms with Crippen molar-refractivity contribution >= 4 is 12.0 Å². The lowest BCUT2D eigenvalue weighted by atomic mass is 10.2. The van der Waals surface area contributed by atoms with Gasteiger partial charge in [-0.15, -0.1) is 5.10 Å². The van der Waals surface area contributed by atoms with Crippen LogP contribution in [0.3, 0.4) is 0 Å². The first-order chi connectivity index (χ1) is 8.60. The molecule has 0 aromatic carbocycles. The zero-order valence-electron chi connectivity index (χ0n) is 10.4. The van der Waals surface area contributed by atoms with Crippen LogP contribution in [-0.2, 0) is 0 Å². The lowest BCUT2D eigenvalue weighted by molar-refractivity contribution is 0.252. The van der Waals surface area contributed by atoms with Gasteiger partial charge in [-0.3, -0.25) is 5.32 Å². The molecule has 96 valence electrons. The molecule has 18 heavy (non-hydrogen) atoms. The van der Waals surface area contributed by atoms with Crippen molar-refractivity contribution in [1.29, 1.82) is 0 Å². The predicted molar refractivity (Wildman–Crippen MR) is 64.2 cm³/mol. The lowest BCUT2D eigenvalue weighted by Crippen LogP contribution is -2.28. The Morgan fingerprint density at radius 1 is 1.33 bits per heavy atom. The highest BCUT2D eigenvalue weighted by Gasteiger charge is 2.15. The van der Waals surface area contributed by atoms with Gasteiger partial charge in [0.25, 0.3) is 5.89 Å². The Labute approximate surface area is 104 Å². The summed E-state index contributed by atoms with van der Waals surface area (Å²) in [5.41, 5.74) is 0.726. The second kappa shape index (κ2) is 4.91. The van der Waals surface area contributed by atoms with Crippen molar-refractivity contribution in [2.45, 2.75) is 20.8 Å². The second-order valence-corrected chi connectivity index (χ2v) is 3.72. The standard InChI is InChI=1S/C11H14N4O3/c1-4-12-10(16)13-11-15-14-9(18-11)8-5-6(2)17-7(8)3/h5H,4H2,1-3H3,(H2,12,13,15,16). The van der Waals surface area contributed by atoms with Crippen molar-refractivity contribution in [1.82, 2.24) is 15.5 Å². The molecule has 7 nitrogen and oxygen atoms in total. The van der Waals surface area contributed by atoms with E-state index in [4.69, 9.17) is 8.83 Å². The van der Waals surface area contributed by atoms with Gasteiger partial charge in [-0.2, -0.15) is 0 Å². The van der Waals surface area contributed by atoms with E-state index in [1.165, 1.54) is 0 Å². The highest BCUT2D eigenvalue weighted by atomic mass is 16.4. The Morgan fingerprint density at radius 3 is 2.72 bits per heavy atom. The van der Waals surface area contributed by atoms with Crippen molar-refractivity contribution in [2.24, 2.45) is 0 Å². The quantitative estimate of drug-likeness (QED) is 0.869. The first-order valence-corrected chi connectivity index (χ1v) is 5.56. The van der Waals surface area contributed by atoms with Crippen LogP contribution in [0.1, 0.15) is 18.4 Å². The number of carbonyl (C=O) groups excluding carboxylic acids is 1. The van der Waals surface area contributed by atoms with Crippen molar-refractivity contribution in [3.63, 3.8) is 0 Å². The smallest absolute Gasteiger partial charge is 0.324 e. The molecule has 2 rings (SSSR count). The number of aryl methyl sites for hydroxylation is 2. The molecule has 0 atom stereocenters. The summed E-state index contributed by atoms with van der Waals surface area (Å²) in [5.74, 6) is 1.77. The first kappa shape index (κ1) is 12.2. The minimum absolute atomic E-state index is 0.0502. The monoisotopic (exact) mass is 250 g/mol. The molecule has 2 heterocycles. The second-order valence-electron chi connectivity index (χ2n) is 3.72. The molecule has 2 amide bonds. The summed E-state index contributed by atoms with van der Waals surface area (Å²) in [7, 11) is 0. The Bertz CT molecular complexity index is 558. The number of anilines is 1. The third-order valence-corrected chi connectivity index (χ3v) is 2.25. The highest BCUT2D eigenvalue weighted by molar-refractivity contribution is 5.86. The molecule has 0 bridgehead atoms. The average Bonchev–Trinajstić information content (AvgIpc) is 2.85. The van der Waals surface area contributed by atoms with Crippen molar-refractivity contribution in [3.05, 3.63) is 17.6 Å². The fourth-order valence-electron chi connectivity index (χ4n) is 1.53. The molecule has 2 N–H and O–H groups in total. The topological polar surface area (TPSA) is 93.2 Å². The molecule has 0 fully saturated rings. The summed E-state index contributed by atoms with van der Waals surface area (Å²) >= 11 is 0. The summed E-state index contributed by atoms with van der Waals surface area (Å²) < 4.78 is 10.7. The number of aromatic nitrogens is 2. The zero-order chi connectivity index (χ0) is 13.1. The van der Waals surface area contributed by atoms with Gasteiger partial charge in [0.15, 0.2) is 0 Å². The van der Waals surface area contributed by atoms with Crippen LogP contribution >= 0.6 is 0 Å². The van der Waals surface area contributed by atoms with Gasteiger partial charge in [0.2, 0.25) is 0 Å². The summed E-state index contributed by atoms with van der Waals surface area (Å²) in [5, 5.41) is 12.6.